The zero-order chi connectivity index (χ0) is 21.4. The smallest absolute Gasteiger partial charge is 0.320 e. The molecule has 0 aliphatic rings. The zero-order valence-electron chi connectivity index (χ0n) is 16.2. The van der Waals surface area contributed by atoms with E-state index in [0.29, 0.717) is 25.2 Å². The summed E-state index contributed by atoms with van der Waals surface area (Å²) in [7, 11) is 0. The summed E-state index contributed by atoms with van der Waals surface area (Å²) in [6.45, 7) is 5.74. The van der Waals surface area contributed by atoms with Crippen molar-refractivity contribution in [3.05, 3.63) is 35.9 Å². The fraction of sp³-hybridized carbons (Fsp3) is 0.526. The van der Waals surface area contributed by atoms with Crippen molar-refractivity contribution in [2.24, 2.45) is 17.4 Å². The summed E-state index contributed by atoms with van der Waals surface area (Å²) in [5.74, 6) is -2.23. The standard InChI is InChI=1S/C9H11NO2.C6H13NO2.C4H8O2/c10-8(9(11)12)6-7-4-2-1-3-5-7;1-4(2)3-5(7)6(8)9;1-2-3-4(5)6/h1-5,8H,6,10H2,(H,11,12);4-5H,3,7H2,1-2H3,(H,8,9);2-3H2,1H3,(H,5,6)/t8-;5-;/m00./s1. The van der Waals surface area contributed by atoms with Gasteiger partial charge in [0.2, 0.25) is 0 Å². The van der Waals surface area contributed by atoms with Crippen LogP contribution in [0.4, 0.5) is 0 Å². The number of hydrogen-bond donors (Lipinski definition) is 5. The van der Waals surface area contributed by atoms with Crippen LogP contribution in [-0.4, -0.2) is 45.3 Å². The molecule has 0 unspecified atom stereocenters. The summed E-state index contributed by atoms with van der Waals surface area (Å²) in [4.78, 5) is 30.1. The average molecular weight is 384 g/mol. The number of hydrogen-bond acceptors (Lipinski definition) is 5. The van der Waals surface area contributed by atoms with E-state index in [1.165, 1.54) is 0 Å². The van der Waals surface area contributed by atoms with Crippen LogP contribution in [0.15, 0.2) is 30.3 Å². The molecule has 0 aliphatic carbocycles. The maximum Gasteiger partial charge on any atom is 0.320 e. The highest BCUT2D eigenvalue weighted by molar-refractivity contribution is 5.73. The second kappa shape index (κ2) is 15.8. The number of carboxylic acids is 3. The molecule has 1 rings (SSSR count). The molecule has 0 aliphatic heterocycles. The molecule has 0 fully saturated rings. The largest absolute Gasteiger partial charge is 0.481 e. The van der Waals surface area contributed by atoms with Crippen molar-refractivity contribution in [3.8, 4) is 0 Å². The molecule has 8 nitrogen and oxygen atoms in total. The van der Waals surface area contributed by atoms with E-state index in [9.17, 15) is 14.4 Å². The van der Waals surface area contributed by atoms with Crippen LogP contribution in [0, 0.1) is 5.92 Å². The third-order valence-electron chi connectivity index (χ3n) is 3.12. The molecular formula is C19H32N2O6. The molecule has 8 heteroatoms. The predicted molar refractivity (Wildman–Crippen MR) is 103 cm³/mol. The fourth-order valence-corrected chi connectivity index (χ4v) is 1.78. The SMILES string of the molecule is CC(C)C[C@H](N)C(=O)O.CCCC(=O)O.N[C@@H](Cc1ccccc1)C(=O)O. The lowest BCUT2D eigenvalue weighted by atomic mass is 10.1. The fourth-order valence-electron chi connectivity index (χ4n) is 1.78. The maximum atomic E-state index is 10.4. The van der Waals surface area contributed by atoms with Crippen molar-refractivity contribution >= 4 is 17.9 Å². The van der Waals surface area contributed by atoms with Crippen LogP contribution in [0.25, 0.3) is 0 Å². The maximum absolute atomic E-state index is 10.4. The van der Waals surface area contributed by atoms with Crippen molar-refractivity contribution in [1.29, 1.82) is 0 Å². The van der Waals surface area contributed by atoms with Gasteiger partial charge in [-0.1, -0.05) is 51.1 Å². The second-order valence-electron chi connectivity index (χ2n) is 6.35. The van der Waals surface area contributed by atoms with Gasteiger partial charge in [-0.15, -0.1) is 0 Å². The number of carbonyl (C=O) groups is 3. The minimum absolute atomic E-state index is 0.292. The van der Waals surface area contributed by atoms with E-state index < -0.39 is 30.0 Å². The highest BCUT2D eigenvalue weighted by Gasteiger charge is 2.12. The summed E-state index contributed by atoms with van der Waals surface area (Å²) >= 11 is 0. The molecular weight excluding hydrogens is 352 g/mol. The number of carboxylic acid groups (broad SMARTS) is 3. The third kappa shape index (κ3) is 18.1. The molecule has 1 aromatic carbocycles. The predicted octanol–water partition coefficient (Wildman–Crippen LogP) is 1.96. The summed E-state index contributed by atoms with van der Waals surface area (Å²) in [5, 5.41) is 24.7. The molecule has 1 aromatic rings. The van der Waals surface area contributed by atoms with Gasteiger partial charge in [0.05, 0.1) is 0 Å². The van der Waals surface area contributed by atoms with E-state index in [2.05, 4.69) is 0 Å². The molecule has 0 bridgehead atoms. The Morgan fingerprint density at radius 3 is 1.67 bits per heavy atom. The topological polar surface area (TPSA) is 164 Å². The molecule has 0 radical (unpaired) electrons. The van der Waals surface area contributed by atoms with E-state index in [1.807, 2.05) is 51.1 Å². The summed E-state index contributed by atoms with van der Waals surface area (Å²) in [5.41, 5.74) is 11.5. The Labute approximate surface area is 160 Å². The second-order valence-corrected chi connectivity index (χ2v) is 6.35. The summed E-state index contributed by atoms with van der Waals surface area (Å²) in [6, 6.07) is 7.85. The monoisotopic (exact) mass is 384 g/mol. The summed E-state index contributed by atoms with van der Waals surface area (Å²) in [6.07, 6.45) is 1.96. The van der Waals surface area contributed by atoms with Gasteiger partial charge in [-0.2, -0.15) is 0 Å². The number of nitrogens with two attached hydrogens (primary N) is 2. The lowest BCUT2D eigenvalue weighted by Gasteiger charge is -2.07. The molecule has 2 atom stereocenters. The van der Waals surface area contributed by atoms with Crippen molar-refractivity contribution in [2.75, 3.05) is 0 Å². The average Bonchev–Trinajstić information content (AvgIpc) is 2.56. The Kier molecular flexibility index (Phi) is 15.6. The Balaban J connectivity index is 0. The lowest BCUT2D eigenvalue weighted by molar-refractivity contribution is -0.139. The van der Waals surface area contributed by atoms with E-state index in [4.69, 9.17) is 26.8 Å². The van der Waals surface area contributed by atoms with Crippen LogP contribution in [-0.2, 0) is 20.8 Å². The third-order valence-corrected chi connectivity index (χ3v) is 3.12. The van der Waals surface area contributed by atoms with Gasteiger partial charge in [0.15, 0.2) is 0 Å². The zero-order valence-corrected chi connectivity index (χ0v) is 16.2. The van der Waals surface area contributed by atoms with Gasteiger partial charge < -0.3 is 26.8 Å². The van der Waals surface area contributed by atoms with Crippen molar-refractivity contribution < 1.29 is 29.7 Å². The van der Waals surface area contributed by atoms with Crippen LogP contribution < -0.4 is 11.5 Å². The van der Waals surface area contributed by atoms with Crippen LogP contribution in [0.5, 0.6) is 0 Å². The molecule has 0 amide bonds. The molecule has 27 heavy (non-hydrogen) atoms. The molecule has 7 N–H and O–H groups in total. The molecule has 0 heterocycles. The Morgan fingerprint density at radius 1 is 0.926 bits per heavy atom. The summed E-state index contributed by atoms with van der Waals surface area (Å²) < 4.78 is 0. The Hall–Kier alpha value is -2.45. The minimum atomic E-state index is -0.959. The van der Waals surface area contributed by atoms with Crippen LogP contribution >= 0.6 is 0 Å². The first-order valence-electron chi connectivity index (χ1n) is 8.73. The first kappa shape index (κ1) is 26.8. The van der Waals surface area contributed by atoms with E-state index in [1.54, 1.807) is 0 Å². The molecule has 0 saturated carbocycles. The molecule has 154 valence electrons. The normalized spacial score (nSPS) is 11.9. The van der Waals surface area contributed by atoms with Crippen molar-refractivity contribution in [1.82, 2.24) is 0 Å². The van der Waals surface area contributed by atoms with Gasteiger partial charge >= 0.3 is 17.9 Å². The Morgan fingerprint density at radius 2 is 1.41 bits per heavy atom. The van der Waals surface area contributed by atoms with Crippen LogP contribution in [0.1, 0.15) is 45.6 Å². The van der Waals surface area contributed by atoms with Crippen LogP contribution in [0.2, 0.25) is 0 Å². The Bertz CT molecular complexity index is 548. The lowest BCUT2D eigenvalue weighted by Crippen LogP contribution is -2.32. The van der Waals surface area contributed by atoms with Gasteiger partial charge in [0.1, 0.15) is 12.1 Å². The van der Waals surface area contributed by atoms with Gasteiger partial charge in [-0.05, 0) is 30.7 Å². The highest BCUT2D eigenvalue weighted by Crippen LogP contribution is 2.02. The van der Waals surface area contributed by atoms with E-state index >= 15 is 0 Å². The number of aliphatic carboxylic acids is 3. The van der Waals surface area contributed by atoms with Crippen molar-refractivity contribution in [2.45, 2.75) is 58.5 Å². The van der Waals surface area contributed by atoms with Gasteiger partial charge in [-0.3, -0.25) is 14.4 Å². The van der Waals surface area contributed by atoms with E-state index in [-0.39, 0.29) is 0 Å². The molecule has 0 aromatic heterocycles. The first-order chi connectivity index (χ1) is 12.5. The first-order valence-corrected chi connectivity index (χ1v) is 8.73. The van der Waals surface area contributed by atoms with Gasteiger partial charge in [0.25, 0.3) is 0 Å². The molecule has 0 saturated heterocycles. The minimum Gasteiger partial charge on any atom is -0.481 e. The quantitative estimate of drug-likeness (QED) is 0.454. The molecule has 0 spiro atoms. The van der Waals surface area contributed by atoms with Gasteiger partial charge in [-0.25, -0.2) is 0 Å². The number of rotatable bonds is 8. The van der Waals surface area contributed by atoms with Crippen LogP contribution in [0.3, 0.4) is 0 Å². The van der Waals surface area contributed by atoms with E-state index in [0.717, 1.165) is 12.0 Å². The van der Waals surface area contributed by atoms with Gasteiger partial charge in [0, 0.05) is 6.42 Å². The van der Waals surface area contributed by atoms with Crippen molar-refractivity contribution in [3.63, 3.8) is 0 Å². The number of benzene rings is 1. The highest BCUT2D eigenvalue weighted by atomic mass is 16.4.